The maximum atomic E-state index is 11.5. The highest BCUT2D eigenvalue weighted by Gasteiger charge is 2.10. The van der Waals surface area contributed by atoms with Crippen molar-refractivity contribution in [2.45, 2.75) is 6.42 Å². The Hall–Kier alpha value is -1.98. The number of Topliss-reactive ketones (excluding diaryl/α,β-unsaturated/α-hetero) is 1. The quantitative estimate of drug-likeness (QED) is 0.691. The molecule has 2 rings (SSSR count). The zero-order valence-electron chi connectivity index (χ0n) is 7.64. The van der Waals surface area contributed by atoms with Crippen molar-refractivity contribution in [3.63, 3.8) is 0 Å². The molecule has 0 saturated heterocycles. The van der Waals surface area contributed by atoms with E-state index in [9.17, 15) is 4.79 Å². The van der Waals surface area contributed by atoms with E-state index in [1.54, 1.807) is 17.1 Å². The van der Waals surface area contributed by atoms with Gasteiger partial charge in [-0.1, -0.05) is 0 Å². The summed E-state index contributed by atoms with van der Waals surface area (Å²) in [4.78, 5) is 15.3. The van der Waals surface area contributed by atoms with E-state index < -0.39 is 0 Å². The van der Waals surface area contributed by atoms with Crippen molar-refractivity contribution >= 4 is 5.78 Å². The Morgan fingerprint density at radius 1 is 1.64 bits per heavy atom. The predicted molar refractivity (Wildman–Crippen MR) is 47.6 cm³/mol. The summed E-state index contributed by atoms with van der Waals surface area (Å²) in [5, 5.41) is 10.1. The van der Waals surface area contributed by atoms with Gasteiger partial charge in [0, 0.05) is 19.7 Å². The van der Waals surface area contributed by atoms with Crippen LogP contribution in [-0.2, 0) is 13.5 Å². The second kappa shape index (κ2) is 3.41. The monoisotopic (exact) mass is 191 g/mol. The Kier molecular flexibility index (Phi) is 2.10. The molecule has 0 saturated carbocycles. The average molecular weight is 191 g/mol. The number of aromatic nitrogens is 5. The topological polar surface area (TPSA) is 76.5 Å². The average Bonchev–Trinajstić information content (AvgIpc) is 2.75. The highest BCUT2D eigenvalue weighted by atomic mass is 16.1. The molecule has 6 heteroatoms. The van der Waals surface area contributed by atoms with E-state index >= 15 is 0 Å². The maximum absolute atomic E-state index is 11.5. The molecule has 2 aromatic rings. The summed E-state index contributed by atoms with van der Waals surface area (Å²) < 4.78 is 1.66. The van der Waals surface area contributed by atoms with Crippen molar-refractivity contribution in [1.29, 1.82) is 0 Å². The number of hydrogen-bond acceptors (Lipinski definition) is 4. The second-order valence-corrected chi connectivity index (χ2v) is 2.96. The first-order valence-corrected chi connectivity index (χ1v) is 4.12. The third-order valence-electron chi connectivity index (χ3n) is 1.80. The molecule has 14 heavy (non-hydrogen) atoms. The molecule has 6 nitrogen and oxygen atoms in total. The van der Waals surface area contributed by atoms with E-state index in [1.165, 1.54) is 6.33 Å². The van der Waals surface area contributed by atoms with Gasteiger partial charge in [0.2, 0.25) is 5.78 Å². The number of rotatable bonds is 3. The summed E-state index contributed by atoms with van der Waals surface area (Å²) in [6.07, 6.45) is 5.07. The van der Waals surface area contributed by atoms with Gasteiger partial charge in [-0.05, 0) is 5.56 Å². The lowest BCUT2D eigenvalue weighted by molar-refractivity contribution is 0.0983. The van der Waals surface area contributed by atoms with Crippen LogP contribution in [0.25, 0.3) is 0 Å². The largest absolute Gasteiger partial charge is 0.290 e. The van der Waals surface area contributed by atoms with Crippen LogP contribution >= 0.6 is 0 Å². The van der Waals surface area contributed by atoms with E-state index in [4.69, 9.17) is 0 Å². The number of nitrogens with one attached hydrogen (secondary N) is 1. The Bertz CT molecular complexity index is 430. The Balaban J connectivity index is 2.09. The zero-order valence-corrected chi connectivity index (χ0v) is 7.64. The van der Waals surface area contributed by atoms with Gasteiger partial charge in [0.15, 0.2) is 5.82 Å². The number of aryl methyl sites for hydroxylation is 1. The molecule has 0 spiro atoms. The molecule has 0 bridgehead atoms. The standard InChI is InChI=1S/C8H9N5O/c1-13-4-6(3-11-13)2-7(14)8-9-5-10-12-8/h3-5H,2H2,1H3,(H,9,10,12). The van der Waals surface area contributed by atoms with Crippen LogP contribution in [0, 0.1) is 0 Å². The first kappa shape index (κ1) is 8.61. The number of carbonyl (C=O) groups excluding carboxylic acids is 1. The van der Waals surface area contributed by atoms with Crippen LogP contribution in [0.5, 0.6) is 0 Å². The molecule has 2 aromatic heterocycles. The lowest BCUT2D eigenvalue weighted by Crippen LogP contribution is -2.05. The first-order valence-electron chi connectivity index (χ1n) is 4.12. The number of ketones is 1. The maximum Gasteiger partial charge on any atom is 0.204 e. The van der Waals surface area contributed by atoms with Crippen LogP contribution in [0.2, 0.25) is 0 Å². The molecule has 0 aliphatic rings. The van der Waals surface area contributed by atoms with Crippen LogP contribution in [-0.4, -0.2) is 30.7 Å². The number of nitrogens with zero attached hydrogens (tertiary/aromatic N) is 4. The van der Waals surface area contributed by atoms with Crippen molar-refractivity contribution in [3.8, 4) is 0 Å². The van der Waals surface area contributed by atoms with Gasteiger partial charge in [0.1, 0.15) is 6.33 Å². The van der Waals surface area contributed by atoms with Crippen molar-refractivity contribution in [1.82, 2.24) is 25.0 Å². The highest BCUT2D eigenvalue weighted by Crippen LogP contribution is 2.01. The summed E-state index contributed by atoms with van der Waals surface area (Å²) >= 11 is 0. The van der Waals surface area contributed by atoms with Crippen LogP contribution in [0.15, 0.2) is 18.7 Å². The van der Waals surface area contributed by atoms with Gasteiger partial charge < -0.3 is 0 Å². The van der Waals surface area contributed by atoms with Crippen LogP contribution in [0.4, 0.5) is 0 Å². The molecular formula is C8H9N5O. The first-order chi connectivity index (χ1) is 6.75. The molecule has 72 valence electrons. The Morgan fingerprint density at radius 3 is 3.07 bits per heavy atom. The summed E-state index contributed by atoms with van der Waals surface area (Å²) in [7, 11) is 1.81. The molecule has 0 amide bonds. The SMILES string of the molecule is Cn1cc(CC(=O)c2ncn[nH]2)cn1. The predicted octanol–water partition coefficient (Wildman–Crippen LogP) is -0.0364. The van der Waals surface area contributed by atoms with Gasteiger partial charge >= 0.3 is 0 Å². The highest BCUT2D eigenvalue weighted by molar-refractivity contribution is 5.93. The smallest absolute Gasteiger partial charge is 0.204 e. The fraction of sp³-hybridized carbons (Fsp3) is 0.250. The van der Waals surface area contributed by atoms with Crippen LogP contribution < -0.4 is 0 Å². The summed E-state index contributed by atoms with van der Waals surface area (Å²) in [6.45, 7) is 0. The second-order valence-electron chi connectivity index (χ2n) is 2.96. The molecule has 0 radical (unpaired) electrons. The normalized spacial score (nSPS) is 10.4. The van der Waals surface area contributed by atoms with E-state index in [2.05, 4.69) is 20.3 Å². The lowest BCUT2D eigenvalue weighted by Gasteiger charge is -1.92. The summed E-state index contributed by atoms with van der Waals surface area (Å²) in [6, 6.07) is 0. The molecule has 0 unspecified atom stereocenters. The van der Waals surface area contributed by atoms with E-state index in [0.717, 1.165) is 5.56 Å². The van der Waals surface area contributed by atoms with E-state index in [1.807, 2.05) is 7.05 Å². The van der Waals surface area contributed by atoms with Gasteiger partial charge in [0.25, 0.3) is 0 Å². The van der Waals surface area contributed by atoms with Crippen LogP contribution in [0.1, 0.15) is 16.2 Å². The lowest BCUT2D eigenvalue weighted by atomic mass is 10.2. The Morgan fingerprint density at radius 2 is 2.50 bits per heavy atom. The van der Waals surface area contributed by atoms with Crippen molar-refractivity contribution in [2.75, 3.05) is 0 Å². The third kappa shape index (κ3) is 1.68. The molecular weight excluding hydrogens is 182 g/mol. The minimum Gasteiger partial charge on any atom is -0.290 e. The fourth-order valence-corrected chi connectivity index (χ4v) is 1.17. The van der Waals surface area contributed by atoms with Gasteiger partial charge in [-0.2, -0.15) is 10.2 Å². The molecule has 0 aromatic carbocycles. The van der Waals surface area contributed by atoms with Crippen molar-refractivity contribution in [2.24, 2.45) is 7.05 Å². The van der Waals surface area contributed by atoms with Gasteiger partial charge in [-0.15, -0.1) is 0 Å². The van der Waals surface area contributed by atoms with Gasteiger partial charge in [-0.3, -0.25) is 14.6 Å². The summed E-state index contributed by atoms with van der Waals surface area (Å²) in [5.41, 5.74) is 0.869. The minimum atomic E-state index is -0.0875. The van der Waals surface area contributed by atoms with E-state index in [0.29, 0.717) is 6.42 Å². The van der Waals surface area contributed by atoms with Crippen molar-refractivity contribution < 1.29 is 4.79 Å². The molecule has 1 N–H and O–H groups in total. The van der Waals surface area contributed by atoms with Crippen molar-refractivity contribution in [3.05, 3.63) is 30.1 Å². The molecule has 2 heterocycles. The Labute approximate surface area is 80.0 Å². The molecule has 0 atom stereocenters. The number of carbonyl (C=O) groups is 1. The van der Waals surface area contributed by atoms with Gasteiger partial charge in [0.05, 0.1) is 6.20 Å². The minimum absolute atomic E-state index is 0.0875. The summed E-state index contributed by atoms with van der Waals surface area (Å²) in [5.74, 6) is 0.198. The molecule has 0 fully saturated rings. The van der Waals surface area contributed by atoms with Gasteiger partial charge in [-0.25, -0.2) is 4.98 Å². The molecule has 0 aliphatic carbocycles. The fourth-order valence-electron chi connectivity index (χ4n) is 1.17. The number of hydrogen-bond donors (Lipinski definition) is 1. The van der Waals surface area contributed by atoms with Crippen LogP contribution in [0.3, 0.4) is 0 Å². The zero-order chi connectivity index (χ0) is 9.97. The number of H-pyrrole nitrogens is 1. The molecule has 0 aliphatic heterocycles. The van der Waals surface area contributed by atoms with E-state index in [-0.39, 0.29) is 11.6 Å². The number of aromatic amines is 1. The third-order valence-corrected chi connectivity index (χ3v) is 1.80.